The molecule has 0 aromatic heterocycles. The molecule has 2 rings (SSSR count). The summed E-state index contributed by atoms with van der Waals surface area (Å²) in [5.74, 6) is -0.134. The first kappa shape index (κ1) is 12.1. The molecule has 1 aliphatic rings. The topological polar surface area (TPSA) is 38.3 Å². The fourth-order valence-electron chi connectivity index (χ4n) is 1.67. The lowest BCUT2D eigenvalue weighted by Gasteiger charge is -2.05. The van der Waals surface area contributed by atoms with E-state index in [0.717, 1.165) is 12.8 Å². The average Bonchev–Trinajstić information content (AvgIpc) is 3.17. The number of carbonyl (C=O) groups excluding carboxylic acids is 1. The van der Waals surface area contributed by atoms with Crippen LogP contribution in [0.15, 0.2) is 30.3 Å². The van der Waals surface area contributed by atoms with Crippen molar-refractivity contribution in [2.24, 2.45) is 0 Å². The molecular weight excluding hydrogens is 214 g/mol. The summed E-state index contributed by atoms with van der Waals surface area (Å²) in [4.78, 5) is 11.3. The number of carbonyl (C=O) groups is 1. The molecule has 3 nitrogen and oxygen atoms in total. The molecule has 1 N–H and O–H groups in total. The first-order chi connectivity index (χ1) is 8.34. The Hall–Kier alpha value is -1.35. The second kappa shape index (κ2) is 6.40. The standard InChI is InChI=1S/C14H19NO2/c16-14(11-15-13-8-9-13)17-10-4-7-12-5-2-1-3-6-12/h1-3,5-6,13,15H,4,7-11H2. The average molecular weight is 233 g/mol. The lowest BCUT2D eigenvalue weighted by molar-refractivity contribution is -0.142. The lowest BCUT2D eigenvalue weighted by atomic mass is 10.1. The smallest absolute Gasteiger partial charge is 0.319 e. The van der Waals surface area contributed by atoms with E-state index in [2.05, 4.69) is 17.4 Å². The monoisotopic (exact) mass is 233 g/mol. The van der Waals surface area contributed by atoms with Gasteiger partial charge in [-0.25, -0.2) is 0 Å². The maximum atomic E-state index is 11.3. The highest BCUT2D eigenvalue weighted by Gasteiger charge is 2.21. The second-order valence-corrected chi connectivity index (χ2v) is 4.46. The van der Waals surface area contributed by atoms with E-state index >= 15 is 0 Å². The first-order valence-electron chi connectivity index (χ1n) is 6.27. The number of aryl methyl sites for hydroxylation is 1. The highest BCUT2D eigenvalue weighted by atomic mass is 16.5. The van der Waals surface area contributed by atoms with Crippen molar-refractivity contribution in [3.63, 3.8) is 0 Å². The Balaban J connectivity index is 1.51. The van der Waals surface area contributed by atoms with Crippen molar-refractivity contribution in [3.8, 4) is 0 Å². The van der Waals surface area contributed by atoms with Crippen molar-refractivity contribution in [3.05, 3.63) is 35.9 Å². The molecule has 0 amide bonds. The van der Waals surface area contributed by atoms with Crippen LogP contribution >= 0.6 is 0 Å². The Bertz CT molecular complexity index is 346. The van der Waals surface area contributed by atoms with Crippen LogP contribution in [0.2, 0.25) is 0 Å². The maximum absolute atomic E-state index is 11.3. The molecule has 92 valence electrons. The van der Waals surface area contributed by atoms with E-state index in [1.807, 2.05) is 18.2 Å². The van der Waals surface area contributed by atoms with Gasteiger partial charge in [-0.15, -0.1) is 0 Å². The second-order valence-electron chi connectivity index (χ2n) is 4.46. The molecule has 0 aliphatic heterocycles. The van der Waals surface area contributed by atoms with E-state index in [1.54, 1.807) is 0 Å². The number of esters is 1. The van der Waals surface area contributed by atoms with Crippen LogP contribution in [-0.2, 0) is 16.0 Å². The molecule has 0 unspecified atom stereocenters. The van der Waals surface area contributed by atoms with Crippen LogP contribution in [0.25, 0.3) is 0 Å². The van der Waals surface area contributed by atoms with Crippen molar-refractivity contribution < 1.29 is 9.53 Å². The molecule has 1 aromatic rings. The quantitative estimate of drug-likeness (QED) is 0.577. The largest absolute Gasteiger partial charge is 0.465 e. The molecule has 0 saturated heterocycles. The van der Waals surface area contributed by atoms with Crippen molar-refractivity contribution in [2.45, 2.75) is 31.7 Å². The van der Waals surface area contributed by atoms with Gasteiger partial charge in [0.2, 0.25) is 0 Å². The predicted octanol–water partition coefficient (Wildman–Crippen LogP) is 1.91. The molecule has 17 heavy (non-hydrogen) atoms. The Morgan fingerprint density at radius 2 is 2.06 bits per heavy atom. The van der Waals surface area contributed by atoms with Crippen LogP contribution in [0.5, 0.6) is 0 Å². The first-order valence-corrected chi connectivity index (χ1v) is 6.27. The Labute approximate surface area is 102 Å². The third-order valence-electron chi connectivity index (χ3n) is 2.83. The molecule has 1 aliphatic carbocycles. The minimum Gasteiger partial charge on any atom is -0.465 e. The van der Waals surface area contributed by atoms with Crippen molar-refractivity contribution in [1.29, 1.82) is 0 Å². The number of nitrogens with one attached hydrogen (secondary N) is 1. The van der Waals surface area contributed by atoms with Crippen LogP contribution in [-0.4, -0.2) is 25.2 Å². The molecular formula is C14H19NO2. The zero-order chi connectivity index (χ0) is 11.9. The molecule has 0 bridgehead atoms. The summed E-state index contributed by atoms with van der Waals surface area (Å²) < 4.78 is 5.14. The highest BCUT2D eigenvalue weighted by molar-refractivity contribution is 5.71. The summed E-state index contributed by atoms with van der Waals surface area (Å²) in [6.45, 7) is 0.871. The highest BCUT2D eigenvalue weighted by Crippen LogP contribution is 2.17. The summed E-state index contributed by atoms with van der Waals surface area (Å²) in [5.41, 5.74) is 1.29. The van der Waals surface area contributed by atoms with Gasteiger partial charge in [-0.2, -0.15) is 0 Å². The van der Waals surface area contributed by atoms with Gasteiger partial charge in [-0.05, 0) is 31.2 Å². The van der Waals surface area contributed by atoms with E-state index < -0.39 is 0 Å². The van der Waals surface area contributed by atoms with E-state index in [1.165, 1.54) is 18.4 Å². The van der Waals surface area contributed by atoms with Crippen LogP contribution < -0.4 is 5.32 Å². The van der Waals surface area contributed by atoms with E-state index in [0.29, 0.717) is 19.2 Å². The maximum Gasteiger partial charge on any atom is 0.319 e. The van der Waals surface area contributed by atoms with Gasteiger partial charge in [0.1, 0.15) is 0 Å². The minimum absolute atomic E-state index is 0.134. The van der Waals surface area contributed by atoms with Gasteiger partial charge in [-0.1, -0.05) is 30.3 Å². The van der Waals surface area contributed by atoms with Gasteiger partial charge >= 0.3 is 5.97 Å². The lowest BCUT2D eigenvalue weighted by Crippen LogP contribution is -2.26. The molecule has 0 heterocycles. The van der Waals surface area contributed by atoms with Gasteiger partial charge < -0.3 is 10.1 Å². The molecule has 1 fully saturated rings. The number of hydrogen-bond donors (Lipinski definition) is 1. The Kier molecular flexibility index (Phi) is 4.56. The van der Waals surface area contributed by atoms with E-state index in [9.17, 15) is 4.79 Å². The Morgan fingerprint density at radius 3 is 2.76 bits per heavy atom. The normalized spacial score (nSPS) is 14.6. The fourth-order valence-corrected chi connectivity index (χ4v) is 1.67. The number of ether oxygens (including phenoxy) is 1. The van der Waals surface area contributed by atoms with Crippen molar-refractivity contribution in [2.75, 3.05) is 13.2 Å². The van der Waals surface area contributed by atoms with E-state index in [4.69, 9.17) is 4.74 Å². The number of rotatable bonds is 7. The number of hydrogen-bond acceptors (Lipinski definition) is 3. The van der Waals surface area contributed by atoms with Crippen molar-refractivity contribution in [1.82, 2.24) is 5.32 Å². The van der Waals surface area contributed by atoms with Crippen LogP contribution in [0, 0.1) is 0 Å². The molecule has 0 radical (unpaired) electrons. The van der Waals surface area contributed by atoms with Gasteiger partial charge in [0.15, 0.2) is 0 Å². The van der Waals surface area contributed by atoms with Gasteiger partial charge in [0.25, 0.3) is 0 Å². The van der Waals surface area contributed by atoms with Gasteiger partial charge in [0.05, 0.1) is 13.2 Å². The zero-order valence-electron chi connectivity index (χ0n) is 10.0. The summed E-state index contributed by atoms with van der Waals surface area (Å²) in [7, 11) is 0. The molecule has 0 atom stereocenters. The van der Waals surface area contributed by atoms with Crippen LogP contribution in [0.1, 0.15) is 24.8 Å². The molecule has 3 heteroatoms. The fraction of sp³-hybridized carbons (Fsp3) is 0.500. The third-order valence-corrected chi connectivity index (χ3v) is 2.83. The summed E-state index contributed by atoms with van der Waals surface area (Å²) in [6, 6.07) is 10.8. The van der Waals surface area contributed by atoms with Crippen molar-refractivity contribution >= 4 is 5.97 Å². The van der Waals surface area contributed by atoms with Crippen LogP contribution in [0.3, 0.4) is 0 Å². The Morgan fingerprint density at radius 1 is 1.29 bits per heavy atom. The third kappa shape index (κ3) is 5.00. The molecule has 1 saturated carbocycles. The summed E-state index contributed by atoms with van der Waals surface area (Å²) in [5, 5.41) is 3.14. The van der Waals surface area contributed by atoms with Crippen LogP contribution in [0.4, 0.5) is 0 Å². The van der Waals surface area contributed by atoms with Gasteiger partial charge in [0, 0.05) is 6.04 Å². The number of benzene rings is 1. The predicted molar refractivity (Wildman–Crippen MR) is 66.7 cm³/mol. The SMILES string of the molecule is O=C(CNC1CC1)OCCCc1ccccc1. The van der Waals surface area contributed by atoms with Gasteiger partial charge in [-0.3, -0.25) is 4.79 Å². The summed E-state index contributed by atoms with van der Waals surface area (Å²) >= 11 is 0. The minimum atomic E-state index is -0.134. The zero-order valence-corrected chi connectivity index (χ0v) is 10.0. The summed E-state index contributed by atoms with van der Waals surface area (Å²) in [6.07, 6.45) is 4.24. The molecule has 0 spiro atoms. The molecule has 1 aromatic carbocycles. The van der Waals surface area contributed by atoms with E-state index in [-0.39, 0.29) is 5.97 Å².